The number of rotatable bonds is 13. The Hall–Kier alpha value is -0.437. The maximum atomic E-state index is 11.6. The first-order chi connectivity index (χ1) is 9.61. The van der Waals surface area contributed by atoms with E-state index in [1.54, 1.807) is 0 Å². The van der Waals surface area contributed by atoms with E-state index in [9.17, 15) is 9.59 Å². The zero-order chi connectivity index (χ0) is 15.2. The maximum absolute atomic E-state index is 11.6. The van der Waals surface area contributed by atoms with Gasteiger partial charge in [0.05, 0.1) is 0 Å². The summed E-state index contributed by atoms with van der Waals surface area (Å²) in [6, 6.07) is -0.680. The summed E-state index contributed by atoms with van der Waals surface area (Å²) in [4.78, 5) is 22.4. The molecule has 113 valence electrons. The van der Waals surface area contributed by atoms with Crippen LogP contribution >= 0.6 is 0 Å². The molecule has 0 aliphatic carbocycles. The zero-order valence-corrected chi connectivity index (χ0v) is 15.8. The van der Waals surface area contributed by atoms with Gasteiger partial charge >= 0.3 is 113 Å². The molecule has 0 aromatic heterocycles. The molecule has 0 aromatic carbocycles. The summed E-state index contributed by atoms with van der Waals surface area (Å²) in [6.45, 7) is 2.22. The molecule has 0 unspecified atom stereocenters. The van der Waals surface area contributed by atoms with E-state index in [-0.39, 0.29) is 5.91 Å². The van der Waals surface area contributed by atoms with Gasteiger partial charge in [-0.15, -0.1) is 0 Å². The monoisotopic (exact) mass is 334 g/mol. The first-order valence-corrected chi connectivity index (χ1v) is 10.0. The Bertz CT molecular complexity index is 272. The van der Waals surface area contributed by atoms with Crippen LogP contribution in [0.4, 0.5) is 0 Å². The summed E-state index contributed by atoms with van der Waals surface area (Å²) >= 11 is 0.884. The van der Waals surface area contributed by atoms with Crippen molar-refractivity contribution in [1.29, 1.82) is 0 Å². The van der Waals surface area contributed by atoms with Gasteiger partial charge in [-0.05, 0) is 0 Å². The third kappa shape index (κ3) is 11.4. The van der Waals surface area contributed by atoms with Crippen LogP contribution in [-0.2, 0) is 27.9 Å². The Labute approximate surface area is 132 Å². The van der Waals surface area contributed by atoms with E-state index < -0.39 is 12.0 Å². The summed E-state index contributed by atoms with van der Waals surface area (Å²) in [5.41, 5.74) is 0. The second-order valence-electron chi connectivity index (χ2n) is 5.33. The fourth-order valence-corrected chi connectivity index (χ4v) is 2.94. The number of carbonyl (C=O) groups excluding carboxylic acids is 1. The normalized spacial score (nSPS) is 12.2. The van der Waals surface area contributed by atoms with Gasteiger partial charge in [0.1, 0.15) is 0 Å². The van der Waals surface area contributed by atoms with Crippen molar-refractivity contribution in [2.75, 3.05) is 0 Å². The molecule has 0 heterocycles. The molecule has 0 aromatic rings. The van der Waals surface area contributed by atoms with Crippen LogP contribution in [0.2, 0.25) is 5.02 Å². The van der Waals surface area contributed by atoms with Crippen LogP contribution in [-0.4, -0.2) is 23.0 Å². The minimum atomic E-state index is -0.920. The van der Waals surface area contributed by atoms with E-state index in [4.69, 9.17) is 5.11 Å². The van der Waals surface area contributed by atoms with Crippen molar-refractivity contribution in [1.82, 2.24) is 5.32 Å². The number of hydrogen-bond donors (Lipinski definition) is 2. The summed E-state index contributed by atoms with van der Waals surface area (Å²) in [5.74, 6) is -1.04. The summed E-state index contributed by atoms with van der Waals surface area (Å²) in [6.07, 6.45) is 11.4. The minimum absolute atomic E-state index is 0.117. The molecule has 5 heteroatoms. The van der Waals surface area contributed by atoms with Gasteiger partial charge < -0.3 is 0 Å². The Kier molecular flexibility index (Phi) is 13.2. The molecule has 0 saturated heterocycles. The first kappa shape index (κ1) is 19.6. The third-order valence-electron chi connectivity index (χ3n) is 3.43. The molecule has 1 atom stereocenters. The SMILES string of the molecule is CCCCCCCCCCCC(=O)N[C@@H]([CH2][Zn])C(=O)O. The number of carboxylic acids is 1. The van der Waals surface area contributed by atoms with Crippen molar-refractivity contribution >= 4 is 11.9 Å². The van der Waals surface area contributed by atoms with Crippen molar-refractivity contribution < 1.29 is 33.0 Å². The number of nitrogens with one attached hydrogen (secondary N) is 1. The number of unbranched alkanes of at least 4 members (excludes halogenated alkanes) is 8. The first-order valence-electron chi connectivity index (χ1n) is 7.93. The third-order valence-corrected chi connectivity index (χ3v) is 4.64. The molecule has 1 amide bonds. The van der Waals surface area contributed by atoms with Gasteiger partial charge in [-0.2, -0.15) is 0 Å². The predicted octanol–water partition coefficient (Wildman–Crippen LogP) is 3.44. The van der Waals surface area contributed by atoms with E-state index in [0.717, 1.165) is 31.1 Å². The molecule has 0 aliphatic heterocycles. The zero-order valence-electron chi connectivity index (χ0n) is 12.8. The van der Waals surface area contributed by atoms with E-state index in [2.05, 4.69) is 12.2 Å². The van der Waals surface area contributed by atoms with Gasteiger partial charge in [0.25, 0.3) is 0 Å². The Balaban J connectivity index is 3.41. The summed E-state index contributed by atoms with van der Waals surface area (Å²) in [5, 5.41) is 12.0. The standard InChI is InChI=1S/C15H28NO3.Zn/c1-3-4-5-6-7-8-9-10-11-12-14(17)16-13(2)15(18)19;/h13H,2-12H2,1H3,(H,16,17)(H,18,19);/t13-;/m0./s1. The van der Waals surface area contributed by atoms with Crippen molar-refractivity contribution in [2.45, 2.75) is 82.2 Å². The molecular weight excluding hydrogens is 308 g/mol. The van der Waals surface area contributed by atoms with Crippen molar-refractivity contribution in [3.8, 4) is 0 Å². The molecule has 20 heavy (non-hydrogen) atoms. The summed E-state index contributed by atoms with van der Waals surface area (Å²) < 4.78 is 0. The van der Waals surface area contributed by atoms with Crippen LogP contribution in [0.1, 0.15) is 71.1 Å². The van der Waals surface area contributed by atoms with Gasteiger partial charge in [-0.25, -0.2) is 0 Å². The van der Waals surface area contributed by atoms with E-state index in [0.29, 0.717) is 11.4 Å². The second-order valence-corrected chi connectivity index (χ2v) is 6.54. The molecule has 0 bridgehead atoms. The number of carboxylic acid groups (broad SMARTS) is 1. The molecule has 0 saturated carbocycles. The average Bonchev–Trinajstić information content (AvgIpc) is 2.42. The van der Waals surface area contributed by atoms with Crippen LogP contribution < -0.4 is 5.32 Å². The topological polar surface area (TPSA) is 66.4 Å². The number of carbonyl (C=O) groups is 2. The van der Waals surface area contributed by atoms with Gasteiger partial charge in [0.15, 0.2) is 0 Å². The van der Waals surface area contributed by atoms with E-state index in [1.807, 2.05) is 0 Å². The van der Waals surface area contributed by atoms with Gasteiger partial charge in [0, 0.05) is 0 Å². The van der Waals surface area contributed by atoms with E-state index in [1.165, 1.54) is 44.9 Å². The fraction of sp³-hybridized carbons (Fsp3) is 0.867. The summed E-state index contributed by atoms with van der Waals surface area (Å²) in [7, 11) is 0. The second kappa shape index (κ2) is 13.5. The Morgan fingerprint density at radius 2 is 1.50 bits per heavy atom. The van der Waals surface area contributed by atoms with Gasteiger partial charge in [-0.1, -0.05) is 19.8 Å². The molecule has 0 radical (unpaired) electrons. The van der Waals surface area contributed by atoms with Gasteiger partial charge in [-0.3, -0.25) is 0 Å². The quantitative estimate of drug-likeness (QED) is 0.400. The molecule has 0 aliphatic rings. The average molecular weight is 336 g/mol. The molecule has 2 N–H and O–H groups in total. The van der Waals surface area contributed by atoms with Crippen LogP contribution in [0.5, 0.6) is 0 Å². The van der Waals surface area contributed by atoms with Crippen LogP contribution in [0.15, 0.2) is 0 Å². The molecular formula is C15H28NO3Zn. The number of amides is 1. The molecule has 0 fully saturated rings. The Morgan fingerprint density at radius 3 is 1.95 bits per heavy atom. The van der Waals surface area contributed by atoms with Crippen molar-refractivity contribution in [2.24, 2.45) is 0 Å². The van der Waals surface area contributed by atoms with Crippen LogP contribution in [0, 0.1) is 0 Å². The predicted molar refractivity (Wildman–Crippen MR) is 76.2 cm³/mol. The molecule has 0 spiro atoms. The van der Waals surface area contributed by atoms with Gasteiger partial charge in [0.2, 0.25) is 0 Å². The number of hydrogen-bond acceptors (Lipinski definition) is 2. The van der Waals surface area contributed by atoms with Crippen molar-refractivity contribution in [3.63, 3.8) is 0 Å². The number of aliphatic carboxylic acids is 1. The molecule has 0 rings (SSSR count). The van der Waals surface area contributed by atoms with Crippen LogP contribution in [0.3, 0.4) is 0 Å². The van der Waals surface area contributed by atoms with E-state index >= 15 is 0 Å². The Morgan fingerprint density at radius 1 is 1.00 bits per heavy atom. The fourth-order valence-electron chi connectivity index (χ4n) is 2.12. The molecule has 4 nitrogen and oxygen atoms in total. The van der Waals surface area contributed by atoms with Crippen LogP contribution in [0.25, 0.3) is 0 Å². The van der Waals surface area contributed by atoms with Crippen molar-refractivity contribution in [3.05, 3.63) is 0 Å².